The minimum absolute atomic E-state index is 0.146. The number of carbonyl (C=O) groups excluding carboxylic acids is 1. The molecule has 2 aliphatic carbocycles. The van der Waals surface area contributed by atoms with Gasteiger partial charge in [0, 0.05) is 24.0 Å². The van der Waals surface area contributed by atoms with E-state index < -0.39 is 0 Å². The fourth-order valence-electron chi connectivity index (χ4n) is 4.04. The van der Waals surface area contributed by atoms with E-state index in [-0.39, 0.29) is 11.7 Å². The maximum atomic E-state index is 14.9. The second-order valence-electron chi connectivity index (χ2n) is 9.19. The number of fused-ring (bicyclic) bond motifs is 1. The number of amides is 1. The minimum atomic E-state index is -0.357. The maximum absolute atomic E-state index is 14.9. The molecule has 0 aliphatic heterocycles. The van der Waals surface area contributed by atoms with Crippen molar-refractivity contribution in [3.63, 3.8) is 0 Å². The van der Waals surface area contributed by atoms with Crippen LogP contribution in [-0.4, -0.2) is 58.4 Å². The van der Waals surface area contributed by atoms with Gasteiger partial charge in [-0.1, -0.05) is 18.2 Å². The Labute approximate surface area is 187 Å². The number of halogens is 1. The van der Waals surface area contributed by atoms with E-state index >= 15 is 0 Å². The van der Waals surface area contributed by atoms with Crippen molar-refractivity contribution in [2.75, 3.05) is 26.0 Å². The molecule has 0 saturated heterocycles. The first-order chi connectivity index (χ1) is 15.5. The molecule has 2 aliphatic rings. The van der Waals surface area contributed by atoms with Gasteiger partial charge in [0.1, 0.15) is 23.5 Å². The van der Waals surface area contributed by atoms with Gasteiger partial charge in [0.15, 0.2) is 0 Å². The molecule has 32 heavy (non-hydrogen) atoms. The van der Waals surface area contributed by atoms with Crippen LogP contribution in [0.15, 0.2) is 42.7 Å². The molecule has 0 radical (unpaired) electrons. The molecule has 2 aromatic carbocycles. The van der Waals surface area contributed by atoms with Crippen molar-refractivity contribution in [1.29, 1.82) is 0 Å². The summed E-state index contributed by atoms with van der Waals surface area (Å²) in [5.74, 6) is 0.473. The van der Waals surface area contributed by atoms with Crippen LogP contribution in [0.4, 0.5) is 10.2 Å². The molecule has 0 bridgehead atoms. The summed E-state index contributed by atoms with van der Waals surface area (Å²) in [6.45, 7) is 0.974. The van der Waals surface area contributed by atoms with Crippen molar-refractivity contribution in [2.24, 2.45) is 0 Å². The number of hydrogen-bond acceptors (Lipinski definition) is 5. The van der Waals surface area contributed by atoms with Gasteiger partial charge in [-0.15, -0.1) is 0 Å². The Bertz CT molecular complexity index is 1160. The first kappa shape index (κ1) is 20.8. The van der Waals surface area contributed by atoms with Crippen LogP contribution in [0, 0.1) is 5.82 Å². The Morgan fingerprint density at radius 2 is 1.91 bits per heavy atom. The Kier molecular flexibility index (Phi) is 5.51. The molecule has 0 atom stereocenters. The molecule has 0 unspecified atom stereocenters. The summed E-state index contributed by atoms with van der Waals surface area (Å²) in [5, 5.41) is 4.08. The van der Waals surface area contributed by atoms with Crippen LogP contribution in [-0.2, 0) is 11.3 Å². The predicted molar refractivity (Wildman–Crippen MR) is 124 cm³/mol. The Morgan fingerprint density at radius 1 is 1.09 bits per heavy atom. The third kappa shape index (κ3) is 4.58. The molecule has 1 N–H and O–H groups in total. The smallest absolute Gasteiger partial charge is 0.237 e. The molecular formula is C25H28FN5O. The van der Waals surface area contributed by atoms with E-state index in [9.17, 15) is 9.18 Å². The lowest BCUT2D eigenvalue weighted by Crippen LogP contribution is -2.38. The average molecular weight is 434 g/mol. The number of aromatic nitrogens is 2. The highest BCUT2D eigenvalue weighted by Crippen LogP contribution is 2.33. The molecule has 6 nitrogen and oxygen atoms in total. The Morgan fingerprint density at radius 3 is 2.62 bits per heavy atom. The average Bonchev–Trinajstić information content (AvgIpc) is 3.67. The zero-order valence-electron chi connectivity index (χ0n) is 18.5. The van der Waals surface area contributed by atoms with Crippen molar-refractivity contribution < 1.29 is 9.18 Å². The molecule has 3 aromatic rings. The third-order valence-electron chi connectivity index (χ3n) is 5.98. The fraction of sp³-hybridized carbons (Fsp3) is 0.400. The molecule has 1 amide bonds. The van der Waals surface area contributed by atoms with Crippen molar-refractivity contribution in [3.8, 4) is 11.1 Å². The van der Waals surface area contributed by atoms with Gasteiger partial charge < -0.3 is 15.1 Å². The summed E-state index contributed by atoms with van der Waals surface area (Å²) in [5.41, 5.74) is 3.07. The number of nitrogens with one attached hydrogen (secondary N) is 1. The predicted octanol–water partition coefficient (Wildman–Crippen LogP) is 4.06. The lowest BCUT2D eigenvalue weighted by molar-refractivity contribution is -0.133. The monoisotopic (exact) mass is 433 g/mol. The van der Waals surface area contributed by atoms with E-state index in [0.29, 0.717) is 41.9 Å². The van der Waals surface area contributed by atoms with Crippen molar-refractivity contribution in [1.82, 2.24) is 19.8 Å². The zero-order chi connectivity index (χ0) is 22.2. The van der Waals surface area contributed by atoms with Crippen LogP contribution in [0.5, 0.6) is 0 Å². The van der Waals surface area contributed by atoms with Crippen LogP contribution < -0.4 is 5.32 Å². The second kappa shape index (κ2) is 8.47. The number of carbonyl (C=O) groups is 1. The first-order valence-electron chi connectivity index (χ1n) is 11.2. The molecule has 2 saturated carbocycles. The molecule has 2 fully saturated rings. The van der Waals surface area contributed by atoms with E-state index in [4.69, 9.17) is 0 Å². The first-order valence-corrected chi connectivity index (χ1v) is 11.2. The van der Waals surface area contributed by atoms with Gasteiger partial charge >= 0.3 is 0 Å². The molecule has 166 valence electrons. The molecule has 5 rings (SSSR count). The summed E-state index contributed by atoms with van der Waals surface area (Å²) < 4.78 is 14.9. The van der Waals surface area contributed by atoms with Crippen molar-refractivity contribution in [2.45, 2.75) is 44.3 Å². The molecule has 7 heteroatoms. The number of nitrogens with zero attached hydrogens (tertiary/aromatic N) is 4. The zero-order valence-corrected chi connectivity index (χ0v) is 18.5. The normalized spacial score (nSPS) is 15.9. The van der Waals surface area contributed by atoms with Crippen LogP contribution in [0.2, 0.25) is 0 Å². The second-order valence-corrected chi connectivity index (χ2v) is 9.19. The van der Waals surface area contributed by atoms with Crippen LogP contribution in [0.25, 0.3) is 22.0 Å². The molecular weight excluding hydrogens is 405 g/mol. The Hall–Kier alpha value is -3.06. The van der Waals surface area contributed by atoms with E-state index in [0.717, 1.165) is 42.4 Å². The van der Waals surface area contributed by atoms with Gasteiger partial charge in [0.2, 0.25) is 5.91 Å². The van der Waals surface area contributed by atoms with Gasteiger partial charge in [-0.3, -0.25) is 4.79 Å². The van der Waals surface area contributed by atoms with Gasteiger partial charge in [-0.2, -0.15) is 0 Å². The number of rotatable bonds is 8. The fourth-order valence-corrected chi connectivity index (χ4v) is 4.04. The molecule has 1 heterocycles. The highest BCUT2D eigenvalue weighted by Gasteiger charge is 2.32. The highest BCUT2D eigenvalue weighted by atomic mass is 19.1. The van der Waals surface area contributed by atoms with E-state index in [2.05, 4.69) is 21.4 Å². The lowest BCUT2D eigenvalue weighted by atomic mass is 10.0. The Balaban J connectivity index is 1.45. The largest absolute Gasteiger partial charge is 0.367 e. The summed E-state index contributed by atoms with van der Waals surface area (Å²) in [4.78, 5) is 25.1. The minimum Gasteiger partial charge on any atom is -0.367 e. The van der Waals surface area contributed by atoms with Crippen molar-refractivity contribution >= 4 is 22.6 Å². The van der Waals surface area contributed by atoms with Crippen LogP contribution >= 0.6 is 0 Å². The quantitative estimate of drug-likeness (QED) is 0.580. The molecule has 0 spiro atoms. The SMILES string of the molecule is CN(C)CC(=O)N(Cc1cccc(-c2cc(F)c3ncnc(NC4CC4)c3c2)c1)C1CC1. The summed E-state index contributed by atoms with van der Waals surface area (Å²) in [6, 6.07) is 12.3. The van der Waals surface area contributed by atoms with Crippen LogP contribution in [0.3, 0.4) is 0 Å². The third-order valence-corrected chi connectivity index (χ3v) is 5.98. The summed E-state index contributed by atoms with van der Waals surface area (Å²) in [6.07, 6.45) is 5.75. The van der Waals surface area contributed by atoms with E-state index in [1.54, 1.807) is 0 Å². The van der Waals surface area contributed by atoms with Gasteiger partial charge in [-0.25, -0.2) is 14.4 Å². The number of anilines is 1. The standard InChI is InChI=1S/C25H28FN5O/c1-30(2)14-23(32)31(20-8-9-20)13-16-4-3-5-17(10-16)18-11-21-24(22(26)12-18)27-15-28-25(21)29-19-6-7-19/h3-5,10-12,15,19-20H,6-9,13-14H2,1-2H3,(H,27,28,29). The van der Waals surface area contributed by atoms with Crippen molar-refractivity contribution in [3.05, 3.63) is 54.1 Å². The van der Waals surface area contributed by atoms with Crippen LogP contribution in [0.1, 0.15) is 31.2 Å². The summed E-state index contributed by atoms with van der Waals surface area (Å²) in [7, 11) is 3.82. The molecule has 1 aromatic heterocycles. The van der Waals surface area contributed by atoms with E-state index in [1.807, 2.05) is 48.2 Å². The lowest BCUT2D eigenvalue weighted by Gasteiger charge is -2.24. The van der Waals surface area contributed by atoms with E-state index in [1.165, 1.54) is 12.4 Å². The summed E-state index contributed by atoms with van der Waals surface area (Å²) >= 11 is 0. The van der Waals surface area contributed by atoms with Gasteiger partial charge in [0.25, 0.3) is 0 Å². The maximum Gasteiger partial charge on any atom is 0.237 e. The number of hydrogen-bond donors (Lipinski definition) is 1. The highest BCUT2D eigenvalue weighted by molar-refractivity contribution is 5.93. The van der Waals surface area contributed by atoms with Gasteiger partial charge in [0.05, 0.1) is 6.54 Å². The topological polar surface area (TPSA) is 61.4 Å². The number of likely N-dealkylation sites (N-methyl/N-ethyl adjacent to an activating group) is 1. The number of benzene rings is 2. The van der Waals surface area contributed by atoms with Gasteiger partial charge in [-0.05, 0) is 74.7 Å².